The molecule has 98 valence electrons. The Balaban J connectivity index is 2.10. The average Bonchev–Trinajstić information content (AvgIpc) is 2.79. The first-order valence-electron chi connectivity index (χ1n) is 5.97. The lowest BCUT2D eigenvalue weighted by atomic mass is 10.1. The van der Waals surface area contributed by atoms with E-state index in [2.05, 4.69) is 10.1 Å². The predicted molar refractivity (Wildman–Crippen MR) is 68.2 cm³/mol. The van der Waals surface area contributed by atoms with Gasteiger partial charge in [-0.1, -0.05) is 0 Å². The molecule has 6 heteroatoms. The highest BCUT2D eigenvalue weighted by Crippen LogP contribution is 2.16. The zero-order valence-corrected chi connectivity index (χ0v) is 10.4. The number of nitrogen functional groups attached to an aromatic ring is 1. The van der Waals surface area contributed by atoms with Gasteiger partial charge in [-0.3, -0.25) is 0 Å². The second kappa shape index (κ2) is 5.79. The topological polar surface area (TPSA) is 85.7 Å². The van der Waals surface area contributed by atoms with Gasteiger partial charge in [-0.25, -0.2) is 9.50 Å². The van der Waals surface area contributed by atoms with E-state index in [1.807, 2.05) is 12.1 Å². The number of methoxy groups -OCH3 is 1. The first-order chi connectivity index (χ1) is 8.76. The van der Waals surface area contributed by atoms with E-state index in [-0.39, 0.29) is 12.7 Å². The highest BCUT2D eigenvalue weighted by molar-refractivity contribution is 5.65. The zero-order chi connectivity index (χ0) is 13.0. The van der Waals surface area contributed by atoms with Crippen molar-refractivity contribution < 1.29 is 9.84 Å². The van der Waals surface area contributed by atoms with Gasteiger partial charge >= 0.3 is 0 Å². The quantitative estimate of drug-likeness (QED) is 0.786. The SMILES string of the molecule is COC(CCO)CCc1ccc2c(N)ncnn12. The largest absolute Gasteiger partial charge is 0.396 e. The third-order valence-electron chi connectivity index (χ3n) is 3.07. The van der Waals surface area contributed by atoms with E-state index in [4.69, 9.17) is 15.6 Å². The lowest BCUT2D eigenvalue weighted by molar-refractivity contribution is 0.0711. The van der Waals surface area contributed by atoms with Crippen molar-refractivity contribution in [3.8, 4) is 0 Å². The van der Waals surface area contributed by atoms with Crippen LogP contribution in [0.3, 0.4) is 0 Å². The average molecular weight is 250 g/mol. The van der Waals surface area contributed by atoms with E-state index in [9.17, 15) is 0 Å². The van der Waals surface area contributed by atoms with Crippen molar-refractivity contribution in [2.45, 2.75) is 25.4 Å². The summed E-state index contributed by atoms with van der Waals surface area (Å²) in [6.45, 7) is 0.141. The van der Waals surface area contributed by atoms with E-state index < -0.39 is 0 Å². The Morgan fingerprint density at radius 2 is 2.28 bits per heavy atom. The van der Waals surface area contributed by atoms with Crippen molar-refractivity contribution in [2.75, 3.05) is 19.5 Å². The molecule has 0 saturated carbocycles. The summed E-state index contributed by atoms with van der Waals surface area (Å²) in [5.74, 6) is 0.481. The van der Waals surface area contributed by atoms with Crippen molar-refractivity contribution in [2.24, 2.45) is 0 Å². The molecule has 0 bridgehead atoms. The van der Waals surface area contributed by atoms with Crippen LogP contribution in [-0.2, 0) is 11.2 Å². The Bertz CT molecular complexity index is 512. The molecule has 6 nitrogen and oxygen atoms in total. The highest BCUT2D eigenvalue weighted by Gasteiger charge is 2.10. The lowest BCUT2D eigenvalue weighted by Gasteiger charge is -2.13. The van der Waals surface area contributed by atoms with Crippen LogP contribution in [0.25, 0.3) is 5.52 Å². The molecule has 0 saturated heterocycles. The van der Waals surface area contributed by atoms with Crippen molar-refractivity contribution in [1.29, 1.82) is 0 Å². The summed E-state index contributed by atoms with van der Waals surface area (Å²) in [5, 5.41) is 13.1. The number of aromatic nitrogens is 3. The fourth-order valence-electron chi connectivity index (χ4n) is 2.03. The fraction of sp³-hybridized carbons (Fsp3) is 0.500. The molecular formula is C12H18N4O2. The molecule has 0 spiro atoms. The van der Waals surface area contributed by atoms with Crippen molar-refractivity contribution in [1.82, 2.24) is 14.6 Å². The Kier molecular flexibility index (Phi) is 4.11. The van der Waals surface area contributed by atoms with E-state index in [1.54, 1.807) is 11.6 Å². The number of fused-ring (bicyclic) bond motifs is 1. The number of rotatable bonds is 6. The molecule has 2 heterocycles. The maximum atomic E-state index is 8.91. The van der Waals surface area contributed by atoms with Crippen molar-refractivity contribution in [3.05, 3.63) is 24.2 Å². The smallest absolute Gasteiger partial charge is 0.151 e. The van der Waals surface area contributed by atoms with Gasteiger partial charge in [-0.2, -0.15) is 5.10 Å². The fourth-order valence-corrected chi connectivity index (χ4v) is 2.03. The van der Waals surface area contributed by atoms with Gasteiger partial charge in [0.05, 0.1) is 6.10 Å². The van der Waals surface area contributed by atoms with E-state index in [0.29, 0.717) is 12.2 Å². The summed E-state index contributed by atoms with van der Waals surface area (Å²) in [6, 6.07) is 3.91. The molecule has 0 aliphatic rings. The van der Waals surface area contributed by atoms with Crippen LogP contribution in [-0.4, -0.2) is 39.5 Å². The number of ether oxygens (including phenoxy) is 1. The molecule has 0 fully saturated rings. The number of anilines is 1. The standard InChI is InChI=1S/C12H18N4O2/c1-18-10(6-7-17)4-2-9-3-5-11-12(13)14-8-15-16(9)11/h3,5,8,10,17H,2,4,6-7H2,1H3,(H2,13,14,15). The summed E-state index contributed by atoms with van der Waals surface area (Å²) in [6.07, 6.45) is 3.83. The lowest BCUT2D eigenvalue weighted by Crippen LogP contribution is -2.14. The van der Waals surface area contributed by atoms with Gasteiger partial charge in [0, 0.05) is 19.4 Å². The molecule has 18 heavy (non-hydrogen) atoms. The van der Waals surface area contributed by atoms with Crippen LogP contribution in [0.15, 0.2) is 18.5 Å². The van der Waals surface area contributed by atoms with Gasteiger partial charge in [0.1, 0.15) is 11.8 Å². The molecule has 2 aromatic rings. The van der Waals surface area contributed by atoms with Gasteiger partial charge in [0.15, 0.2) is 5.82 Å². The van der Waals surface area contributed by atoms with Gasteiger partial charge in [0.25, 0.3) is 0 Å². The number of nitrogens with zero attached hydrogens (tertiary/aromatic N) is 3. The van der Waals surface area contributed by atoms with Crippen LogP contribution in [0.4, 0.5) is 5.82 Å². The molecule has 0 aliphatic carbocycles. The highest BCUT2D eigenvalue weighted by atomic mass is 16.5. The number of hydrogen-bond donors (Lipinski definition) is 2. The van der Waals surface area contributed by atoms with Gasteiger partial charge in [0.2, 0.25) is 0 Å². The third-order valence-corrected chi connectivity index (χ3v) is 3.07. The van der Waals surface area contributed by atoms with Crippen molar-refractivity contribution >= 4 is 11.3 Å². The Morgan fingerprint density at radius 3 is 3.00 bits per heavy atom. The zero-order valence-electron chi connectivity index (χ0n) is 10.4. The Hall–Kier alpha value is -1.66. The molecule has 1 atom stereocenters. The number of aryl methyl sites for hydroxylation is 1. The Labute approximate surface area is 105 Å². The second-order valence-electron chi connectivity index (χ2n) is 4.18. The van der Waals surface area contributed by atoms with Crippen LogP contribution in [0, 0.1) is 0 Å². The summed E-state index contributed by atoms with van der Waals surface area (Å²) >= 11 is 0. The Morgan fingerprint density at radius 1 is 1.44 bits per heavy atom. The second-order valence-corrected chi connectivity index (χ2v) is 4.18. The minimum atomic E-state index is 0.0692. The normalized spacial score (nSPS) is 13.0. The molecular weight excluding hydrogens is 232 g/mol. The summed E-state index contributed by atoms with van der Waals surface area (Å²) < 4.78 is 7.10. The van der Waals surface area contributed by atoms with Gasteiger partial charge in [-0.15, -0.1) is 0 Å². The summed E-state index contributed by atoms with van der Waals surface area (Å²) in [7, 11) is 1.66. The van der Waals surface area contributed by atoms with Crippen LogP contribution >= 0.6 is 0 Å². The number of nitrogens with two attached hydrogens (primary N) is 1. The molecule has 3 N–H and O–H groups in total. The van der Waals surface area contributed by atoms with E-state index in [0.717, 1.165) is 24.1 Å². The minimum Gasteiger partial charge on any atom is -0.396 e. The molecule has 1 unspecified atom stereocenters. The van der Waals surface area contributed by atoms with Gasteiger partial charge in [-0.05, 0) is 31.4 Å². The van der Waals surface area contributed by atoms with E-state index >= 15 is 0 Å². The first kappa shape index (κ1) is 12.8. The van der Waals surface area contributed by atoms with Crippen LogP contribution < -0.4 is 5.73 Å². The first-order valence-corrected chi connectivity index (χ1v) is 5.97. The molecule has 0 amide bonds. The third kappa shape index (κ3) is 2.60. The van der Waals surface area contributed by atoms with Gasteiger partial charge < -0.3 is 15.6 Å². The van der Waals surface area contributed by atoms with Crippen LogP contribution in [0.2, 0.25) is 0 Å². The minimum absolute atomic E-state index is 0.0692. The van der Waals surface area contributed by atoms with E-state index in [1.165, 1.54) is 6.33 Å². The number of hydrogen-bond acceptors (Lipinski definition) is 5. The maximum Gasteiger partial charge on any atom is 0.151 e. The van der Waals surface area contributed by atoms with Crippen molar-refractivity contribution in [3.63, 3.8) is 0 Å². The molecule has 2 aromatic heterocycles. The monoisotopic (exact) mass is 250 g/mol. The maximum absolute atomic E-state index is 8.91. The molecule has 0 aliphatic heterocycles. The van der Waals surface area contributed by atoms with Crippen LogP contribution in [0.1, 0.15) is 18.5 Å². The predicted octanol–water partition coefficient (Wildman–Crippen LogP) is 0.642. The summed E-state index contributed by atoms with van der Waals surface area (Å²) in [5.41, 5.74) is 7.66. The molecule has 2 rings (SSSR count). The molecule has 0 radical (unpaired) electrons. The number of aliphatic hydroxyl groups excluding tert-OH is 1. The number of aliphatic hydroxyl groups is 1. The molecule has 0 aromatic carbocycles. The summed E-state index contributed by atoms with van der Waals surface area (Å²) in [4.78, 5) is 3.95. The van der Waals surface area contributed by atoms with Crippen LogP contribution in [0.5, 0.6) is 0 Å².